The van der Waals surface area contributed by atoms with Crippen molar-refractivity contribution < 1.29 is 7.65 Å². The molecular formula is C7H18N2O. The van der Waals surface area contributed by atoms with Crippen molar-refractivity contribution in [1.82, 2.24) is 10.6 Å². The lowest BCUT2D eigenvalue weighted by Gasteiger charge is -2.39. The van der Waals surface area contributed by atoms with E-state index in [-0.39, 0.29) is 14.3 Å². The number of hydrogen-bond donors (Lipinski definition) is 2. The fourth-order valence-electron chi connectivity index (χ4n) is 1.36. The van der Waals surface area contributed by atoms with Gasteiger partial charge in [0.25, 0.3) is 0 Å². The molecule has 0 spiro atoms. The van der Waals surface area contributed by atoms with Crippen molar-refractivity contribution in [1.29, 1.82) is 0 Å². The number of amides is 1. The standard InChI is InChI=1S/C7H14N2O.2H2/c1-8-6(10)7(9-2)4-3-5-7;;/h9H,3-5H2,1-2H3,(H,8,10);2*1H. The van der Waals surface area contributed by atoms with Crippen LogP contribution in [0.2, 0.25) is 0 Å². The third-order valence-corrected chi connectivity index (χ3v) is 2.35. The highest BCUT2D eigenvalue weighted by atomic mass is 16.2. The van der Waals surface area contributed by atoms with E-state index >= 15 is 0 Å². The number of carbonyl (C=O) groups is 1. The minimum atomic E-state index is -0.227. The second kappa shape index (κ2) is 2.58. The predicted molar refractivity (Wildman–Crippen MR) is 43.9 cm³/mol. The molecule has 1 rings (SSSR count). The van der Waals surface area contributed by atoms with Gasteiger partial charge >= 0.3 is 0 Å². The largest absolute Gasteiger partial charge is 0.358 e. The van der Waals surface area contributed by atoms with Crippen LogP contribution in [-0.2, 0) is 4.79 Å². The van der Waals surface area contributed by atoms with E-state index in [1.54, 1.807) is 7.05 Å². The summed E-state index contributed by atoms with van der Waals surface area (Å²) in [5.41, 5.74) is -0.227. The van der Waals surface area contributed by atoms with Crippen LogP contribution in [-0.4, -0.2) is 25.5 Å². The Balaban J connectivity index is 0. The lowest BCUT2D eigenvalue weighted by Crippen LogP contribution is -2.59. The maximum atomic E-state index is 11.2. The van der Waals surface area contributed by atoms with Crippen LogP contribution >= 0.6 is 0 Å². The van der Waals surface area contributed by atoms with Gasteiger partial charge in [-0.1, -0.05) is 0 Å². The summed E-state index contributed by atoms with van der Waals surface area (Å²) in [6, 6.07) is 0. The summed E-state index contributed by atoms with van der Waals surface area (Å²) in [7, 11) is 3.52. The molecule has 0 aromatic heterocycles. The third-order valence-electron chi connectivity index (χ3n) is 2.35. The van der Waals surface area contributed by atoms with Crippen LogP contribution in [0.3, 0.4) is 0 Å². The number of rotatable bonds is 2. The molecule has 1 saturated carbocycles. The molecule has 10 heavy (non-hydrogen) atoms. The number of nitrogens with one attached hydrogen (secondary N) is 2. The van der Waals surface area contributed by atoms with Gasteiger partial charge in [0, 0.05) is 9.90 Å². The second-order valence-corrected chi connectivity index (χ2v) is 2.76. The van der Waals surface area contributed by atoms with Gasteiger partial charge in [0.05, 0.1) is 5.54 Å². The fourth-order valence-corrected chi connectivity index (χ4v) is 1.36. The molecule has 0 bridgehead atoms. The van der Waals surface area contributed by atoms with Crippen molar-refractivity contribution in [2.45, 2.75) is 24.8 Å². The van der Waals surface area contributed by atoms with Crippen LogP contribution in [0.4, 0.5) is 0 Å². The summed E-state index contributed by atoms with van der Waals surface area (Å²) in [4.78, 5) is 11.2. The topological polar surface area (TPSA) is 41.1 Å². The van der Waals surface area contributed by atoms with Crippen molar-refractivity contribution in [3.05, 3.63) is 0 Å². The molecule has 0 unspecified atom stereocenters. The lowest BCUT2D eigenvalue weighted by molar-refractivity contribution is -0.130. The minimum absolute atomic E-state index is 0. The Morgan fingerprint density at radius 3 is 2.20 bits per heavy atom. The molecule has 62 valence electrons. The van der Waals surface area contributed by atoms with Crippen molar-refractivity contribution in [2.75, 3.05) is 14.1 Å². The maximum absolute atomic E-state index is 11.2. The molecule has 1 fully saturated rings. The first-order chi connectivity index (χ1) is 4.75. The van der Waals surface area contributed by atoms with Crippen molar-refractivity contribution >= 4 is 5.91 Å². The molecule has 3 nitrogen and oxygen atoms in total. The molecule has 0 radical (unpaired) electrons. The molecule has 3 heteroatoms. The van der Waals surface area contributed by atoms with E-state index in [1.807, 2.05) is 7.05 Å². The van der Waals surface area contributed by atoms with Crippen LogP contribution in [0.5, 0.6) is 0 Å². The van der Waals surface area contributed by atoms with Crippen LogP contribution < -0.4 is 10.6 Å². The van der Waals surface area contributed by atoms with Gasteiger partial charge in [-0.2, -0.15) is 0 Å². The highest BCUT2D eigenvalue weighted by Crippen LogP contribution is 2.31. The van der Waals surface area contributed by atoms with E-state index in [0.29, 0.717) is 0 Å². The van der Waals surface area contributed by atoms with E-state index in [4.69, 9.17) is 0 Å². The molecule has 0 aliphatic heterocycles. The van der Waals surface area contributed by atoms with Crippen molar-refractivity contribution in [2.24, 2.45) is 0 Å². The van der Waals surface area contributed by atoms with Gasteiger partial charge in [-0.05, 0) is 26.3 Å². The van der Waals surface area contributed by atoms with Gasteiger partial charge in [0.15, 0.2) is 0 Å². The van der Waals surface area contributed by atoms with Crippen LogP contribution in [0.1, 0.15) is 22.1 Å². The summed E-state index contributed by atoms with van der Waals surface area (Å²) in [5, 5.41) is 5.71. The Hall–Kier alpha value is -0.570. The molecule has 0 saturated heterocycles. The van der Waals surface area contributed by atoms with Gasteiger partial charge in [-0.3, -0.25) is 4.79 Å². The first-order valence-corrected chi connectivity index (χ1v) is 3.66. The minimum Gasteiger partial charge on any atom is -0.358 e. The zero-order valence-corrected chi connectivity index (χ0v) is 6.53. The van der Waals surface area contributed by atoms with Gasteiger partial charge < -0.3 is 10.6 Å². The van der Waals surface area contributed by atoms with Crippen molar-refractivity contribution in [3.63, 3.8) is 0 Å². The van der Waals surface area contributed by atoms with E-state index in [2.05, 4.69) is 10.6 Å². The van der Waals surface area contributed by atoms with Crippen LogP contribution in [0, 0.1) is 0 Å². The predicted octanol–water partition coefficient (Wildman–Crippen LogP) is 0.366. The Morgan fingerprint density at radius 2 is 2.10 bits per heavy atom. The average Bonchev–Trinajstić information content (AvgIpc) is 1.86. The van der Waals surface area contributed by atoms with E-state index in [1.165, 1.54) is 0 Å². The van der Waals surface area contributed by atoms with Crippen LogP contribution in [0.15, 0.2) is 0 Å². The van der Waals surface area contributed by atoms with E-state index in [9.17, 15) is 4.79 Å². The maximum Gasteiger partial charge on any atom is 0.240 e. The van der Waals surface area contributed by atoms with Crippen molar-refractivity contribution in [3.8, 4) is 0 Å². The van der Waals surface area contributed by atoms with Gasteiger partial charge in [-0.25, -0.2) is 0 Å². The Morgan fingerprint density at radius 1 is 1.50 bits per heavy atom. The molecule has 1 aliphatic carbocycles. The molecule has 0 heterocycles. The molecule has 0 aromatic rings. The van der Waals surface area contributed by atoms with Gasteiger partial charge in [-0.15, -0.1) is 0 Å². The average molecular weight is 146 g/mol. The monoisotopic (exact) mass is 146 g/mol. The second-order valence-electron chi connectivity index (χ2n) is 2.76. The summed E-state index contributed by atoms with van der Waals surface area (Å²) < 4.78 is 0. The first-order valence-electron chi connectivity index (χ1n) is 3.66. The van der Waals surface area contributed by atoms with Gasteiger partial charge in [0.1, 0.15) is 0 Å². The molecule has 0 atom stereocenters. The number of likely N-dealkylation sites (N-methyl/N-ethyl adjacent to an activating group) is 2. The van der Waals surface area contributed by atoms with Crippen LogP contribution in [0.25, 0.3) is 0 Å². The highest BCUT2D eigenvalue weighted by molar-refractivity contribution is 5.86. The summed E-state index contributed by atoms with van der Waals surface area (Å²) in [6.45, 7) is 0. The van der Waals surface area contributed by atoms with E-state index in [0.717, 1.165) is 19.3 Å². The fraction of sp³-hybridized carbons (Fsp3) is 0.857. The molecule has 2 N–H and O–H groups in total. The normalized spacial score (nSPS) is 21.4. The molecule has 1 aliphatic rings. The quantitative estimate of drug-likeness (QED) is 0.591. The third kappa shape index (κ3) is 0.904. The number of hydrogen-bond acceptors (Lipinski definition) is 2. The summed E-state index contributed by atoms with van der Waals surface area (Å²) in [6.07, 6.45) is 3.11. The Labute approximate surface area is 64.2 Å². The molecule has 0 aromatic carbocycles. The highest BCUT2D eigenvalue weighted by Gasteiger charge is 2.41. The first kappa shape index (κ1) is 7.54. The summed E-state index contributed by atoms with van der Waals surface area (Å²) in [5.74, 6) is 0.126. The molecular weight excluding hydrogens is 128 g/mol. The zero-order chi connectivity index (χ0) is 7.61. The summed E-state index contributed by atoms with van der Waals surface area (Å²) >= 11 is 0. The zero-order valence-electron chi connectivity index (χ0n) is 6.53. The SMILES string of the molecule is CNC(=O)C1(NC)CCC1.[HH].[HH]. The molecule has 1 amide bonds. The number of carbonyl (C=O) groups excluding carboxylic acids is 1. The Bertz CT molecular complexity index is 143. The smallest absolute Gasteiger partial charge is 0.240 e. The Kier molecular flexibility index (Phi) is 1.94. The van der Waals surface area contributed by atoms with Gasteiger partial charge in [0.2, 0.25) is 5.91 Å². The van der Waals surface area contributed by atoms with E-state index < -0.39 is 0 Å². The lowest BCUT2D eigenvalue weighted by atomic mass is 9.76.